The molecule has 0 saturated carbocycles. The quantitative estimate of drug-likeness (QED) is 0.557. The lowest BCUT2D eigenvalue weighted by molar-refractivity contribution is 0.156. The average molecular weight is 166 g/mol. The summed E-state index contributed by atoms with van der Waals surface area (Å²) in [5, 5.41) is 8.62. The molecule has 1 aliphatic heterocycles. The van der Waals surface area contributed by atoms with Crippen molar-refractivity contribution in [2.24, 2.45) is 5.41 Å². The van der Waals surface area contributed by atoms with Crippen molar-refractivity contribution >= 4 is 0 Å². The highest BCUT2D eigenvalue weighted by Crippen LogP contribution is 2.31. The fraction of sp³-hybridized carbons (Fsp3) is 0.900. The van der Waals surface area contributed by atoms with Crippen LogP contribution in [0.4, 0.5) is 0 Å². The van der Waals surface area contributed by atoms with Crippen molar-refractivity contribution in [1.29, 1.82) is 5.26 Å². The number of hydrogen-bond acceptors (Lipinski definition) is 2. The van der Waals surface area contributed by atoms with E-state index in [0.717, 1.165) is 6.54 Å². The summed E-state index contributed by atoms with van der Waals surface area (Å²) in [5.74, 6) is 0. The molecule has 68 valence electrons. The zero-order valence-electron chi connectivity index (χ0n) is 8.30. The molecule has 2 nitrogen and oxygen atoms in total. The Balaban J connectivity index is 2.59. The topological polar surface area (TPSA) is 27.0 Å². The molecule has 1 unspecified atom stereocenters. The maximum absolute atomic E-state index is 8.62. The summed E-state index contributed by atoms with van der Waals surface area (Å²) in [6.45, 7) is 8.48. The first-order valence-corrected chi connectivity index (χ1v) is 4.66. The molecule has 0 bridgehead atoms. The first kappa shape index (κ1) is 9.54. The van der Waals surface area contributed by atoms with E-state index in [1.54, 1.807) is 0 Å². The molecule has 1 atom stereocenters. The predicted octanol–water partition coefficient (Wildman–Crippen LogP) is 2.02. The number of rotatable bonds is 1. The molecule has 12 heavy (non-hydrogen) atoms. The van der Waals surface area contributed by atoms with Gasteiger partial charge in [-0.05, 0) is 24.8 Å². The fourth-order valence-corrected chi connectivity index (χ4v) is 2.09. The Hall–Kier alpha value is -0.550. The van der Waals surface area contributed by atoms with E-state index in [4.69, 9.17) is 5.26 Å². The van der Waals surface area contributed by atoms with E-state index in [-0.39, 0.29) is 0 Å². The second-order valence-corrected chi connectivity index (χ2v) is 4.65. The Kier molecular flexibility index (Phi) is 2.74. The zero-order valence-corrected chi connectivity index (χ0v) is 8.30. The van der Waals surface area contributed by atoms with Crippen molar-refractivity contribution in [2.75, 3.05) is 13.1 Å². The second-order valence-electron chi connectivity index (χ2n) is 4.65. The minimum Gasteiger partial charge on any atom is -0.287 e. The van der Waals surface area contributed by atoms with Crippen LogP contribution in [0.1, 0.15) is 33.6 Å². The number of nitriles is 1. The lowest BCUT2D eigenvalue weighted by Crippen LogP contribution is -2.39. The molecule has 1 heterocycles. The van der Waals surface area contributed by atoms with E-state index in [0.29, 0.717) is 18.0 Å². The van der Waals surface area contributed by atoms with Crippen molar-refractivity contribution in [3.05, 3.63) is 0 Å². The molecule has 0 amide bonds. The van der Waals surface area contributed by atoms with Crippen LogP contribution in [0.3, 0.4) is 0 Å². The van der Waals surface area contributed by atoms with Crippen LogP contribution in [0.15, 0.2) is 0 Å². The van der Waals surface area contributed by atoms with E-state index < -0.39 is 0 Å². The summed E-state index contributed by atoms with van der Waals surface area (Å²) in [6, 6.07) is 2.85. The Morgan fingerprint density at radius 1 is 1.50 bits per heavy atom. The molecular formula is C10H18N2. The van der Waals surface area contributed by atoms with Crippen molar-refractivity contribution in [1.82, 2.24) is 4.90 Å². The summed E-state index contributed by atoms with van der Waals surface area (Å²) in [5.41, 5.74) is 0.327. The van der Waals surface area contributed by atoms with Gasteiger partial charge in [0, 0.05) is 6.04 Å². The third-order valence-electron chi connectivity index (χ3n) is 2.64. The van der Waals surface area contributed by atoms with E-state index in [9.17, 15) is 0 Å². The van der Waals surface area contributed by atoms with Gasteiger partial charge in [0.25, 0.3) is 0 Å². The predicted molar refractivity (Wildman–Crippen MR) is 49.7 cm³/mol. The van der Waals surface area contributed by atoms with Crippen molar-refractivity contribution < 1.29 is 0 Å². The molecule has 1 aliphatic rings. The molecule has 0 spiro atoms. The number of likely N-dealkylation sites (tertiary alicyclic amines) is 1. The summed E-state index contributed by atoms with van der Waals surface area (Å²) in [4.78, 5) is 2.31. The second kappa shape index (κ2) is 3.45. The van der Waals surface area contributed by atoms with Gasteiger partial charge in [-0.25, -0.2) is 0 Å². The molecular weight excluding hydrogens is 148 g/mol. The van der Waals surface area contributed by atoms with Gasteiger partial charge in [0.15, 0.2) is 0 Å². The Labute approximate surface area is 75.2 Å². The summed E-state index contributed by atoms with van der Waals surface area (Å²) in [7, 11) is 0. The molecule has 0 N–H and O–H groups in total. The molecule has 0 aromatic carbocycles. The third-order valence-corrected chi connectivity index (χ3v) is 2.64. The van der Waals surface area contributed by atoms with Gasteiger partial charge in [-0.2, -0.15) is 5.26 Å². The van der Waals surface area contributed by atoms with E-state index in [1.807, 2.05) is 0 Å². The lowest BCUT2D eigenvalue weighted by atomic mass is 9.85. The van der Waals surface area contributed by atoms with Crippen molar-refractivity contribution in [3.8, 4) is 6.07 Å². The normalized spacial score (nSPS) is 25.7. The summed E-state index contributed by atoms with van der Waals surface area (Å²) in [6.07, 6.45) is 2.51. The van der Waals surface area contributed by atoms with Crippen LogP contribution in [-0.4, -0.2) is 24.0 Å². The highest BCUT2D eigenvalue weighted by atomic mass is 15.2. The maximum atomic E-state index is 8.62. The van der Waals surface area contributed by atoms with Crippen LogP contribution in [0.25, 0.3) is 0 Å². The van der Waals surface area contributed by atoms with Gasteiger partial charge in [0.05, 0.1) is 12.6 Å². The SMILES string of the molecule is CC(C)(C)C1CCCN1CC#N. The summed E-state index contributed by atoms with van der Waals surface area (Å²) >= 11 is 0. The summed E-state index contributed by atoms with van der Waals surface area (Å²) < 4.78 is 0. The molecule has 0 aliphatic carbocycles. The third kappa shape index (κ3) is 1.98. The van der Waals surface area contributed by atoms with Gasteiger partial charge in [-0.1, -0.05) is 20.8 Å². The Morgan fingerprint density at radius 2 is 2.17 bits per heavy atom. The standard InChI is InChI=1S/C10H18N2/c1-10(2,3)9-5-4-7-12(9)8-6-11/h9H,4-5,7-8H2,1-3H3. The minimum absolute atomic E-state index is 0.327. The van der Waals surface area contributed by atoms with Crippen LogP contribution in [0.5, 0.6) is 0 Å². The first-order valence-electron chi connectivity index (χ1n) is 4.66. The van der Waals surface area contributed by atoms with Crippen LogP contribution < -0.4 is 0 Å². The van der Waals surface area contributed by atoms with Gasteiger partial charge in [-0.15, -0.1) is 0 Å². The molecule has 1 saturated heterocycles. The minimum atomic E-state index is 0.327. The zero-order chi connectivity index (χ0) is 9.19. The molecule has 0 aromatic heterocycles. The molecule has 1 rings (SSSR count). The molecule has 0 radical (unpaired) electrons. The van der Waals surface area contributed by atoms with Gasteiger partial charge < -0.3 is 0 Å². The number of nitrogens with zero attached hydrogens (tertiary/aromatic N) is 2. The van der Waals surface area contributed by atoms with Crippen LogP contribution in [0.2, 0.25) is 0 Å². The van der Waals surface area contributed by atoms with Crippen LogP contribution in [0, 0.1) is 16.7 Å². The van der Waals surface area contributed by atoms with Crippen LogP contribution in [-0.2, 0) is 0 Å². The van der Waals surface area contributed by atoms with E-state index in [1.165, 1.54) is 12.8 Å². The smallest absolute Gasteiger partial charge is 0.0868 e. The van der Waals surface area contributed by atoms with Gasteiger partial charge in [0.2, 0.25) is 0 Å². The van der Waals surface area contributed by atoms with E-state index in [2.05, 4.69) is 31.7 Å². The first-order chi connectivity index (χ1) is 5.55. The van der Waals surface area contributed by atoms with Crippen LogP contribution >= 0.6 is 0 Å². The highest BCUT2D eigenvalue weighted by Gasteiger charge is 2.33. The maximum Gasteiger partial charge on any atom is 0.0868 e. The van der Waals surface area contributed by atoms with Gasteiger partial charge in [0.1, 0.15) is 0 Å². The lowest BCUT2D eigenvalue weighted by Gasteiger charge is -2.33. The van der Waals surface area contributed by atoms with E-state index >= 15 is 0 Å². The molecule has 0 aromatic rings. The molecule has 2 heteroatoms. The molecule has 1 fully saturated rings. The highest BCUT2D eigenvalue weighted by molar-refractivity contribution is 4.92. The van der Waals surface area contributed by atoms with Gasteiger partial charge >= 0.3 is 0 Å². The Morgan fingerprint density at radius 3 is 2.67 bits per heavy atom. The largest absolute Gasteiger partial charge is 0.287 e. The Bertz CT molecular complexity index is 185. The van der Waals surface area contributed by atoms with Crippen molar-refractivity contribution in [3.63, 3.8) is 0 Å². The van der Waals surface area contributed by atoms with Crippen molar-refractivity contribution in [2.45, 2.75) is 39.7 Å². The monoisotopic (exact) mass is 166 g/mol. The number of hydrogen-bond donors (Lipinski definition) is 0. The fourth-order valence-electron chi connectivity index (χ4n) is 2.09. The van der Waals surface area contributed by atoms with Gasteiger partial charge in [-0.3, -0.25) is 4.90 Å². The average Bonchev–Trinajstić information content (AvgIpc) is 2.34.